The number of amides is 1. The second-order valence-electron chi connectivity index (χ2n) is 4.64. The molecular weight excluding hydrogens is 312 g/mol. The van der Waals surface area contributed by atoms with Gasteiger partial charge in [-0.15, -0.1) is 0 Å². The van der Waals surface area contributed by atoms with Crippen molar-refractivity contribution in [3.8, 4) is 0 Å². The van der Waals surface area contributed by atoms with E-state index in [1.54, 1.807) is 32.0 Å². The highest BCUT2D eigenvalue weighted by Crippen LogP contribution is 2.20. The molecule has 0 radical (unpaired) electrons. The summed E-state index contributed by atoms with van der Waals surface area (Å²) in [7, 11) is 1.33. The van der Waals surface area contributed by atoms with Crippen molar-refractivity contribution < 1.29 is 14.3 Å². The summed E-state index contributed by atoms with van der Waals surface area (Å²) in [5, 5.41) is 3.06. The van der Waals surface area contributed by atoms with Crippen molar-refractivity contribution >= 4 is 27.8 Å². The van der Waals surface area contributed by atoms with Gasteiger partial charge in [-0.1, -0.05) is 22.0 Å². The van der Waals surface area contributed by atoms with E-state index < -0.39 is 17.4 Å². The molecular formula is C13H17BrN2O3. The normalized spacial score (nSPS) is 11.2. The zero-order valence-electron chi connectivity index (χ0n) is 11.1. The van der Waals surface area contributed by atoms with Crippen LogP contribution in [0.25, 0.3) is 0 Å². The third-order valence-corrected chi connectivity index (χ3v) is 3.55. The number of benzene rings is 1. The molecule has 104 valence electrons. The van der Waals surface area contributed by atoms with Crippen LogP contribution in [0.5, 0.6) is 0 Å². The minimum Gasteiger partial charge on any atom is -0.465 e. The van der Waals surface area contributed by atoms with Crippen molar-refractivity contribution in [1.82, 2.24) is 5.32 Å². The number of hydrogen-bond donors (Lipinski definition) is 2. The predicted octanol–water partition coefficient (Wildman–Crippen LogP) is 1.59. The van der Waals surface area contributed by atoms with Gasteiger partial charge in [-0.2, -0.15) is 0 Å². The molecule has 0 saturated heterocycles. The molecule has 19 heavy (non-hydrogen) atoms. The number of halogens is 1. The molecule has 0 saturated carbocycles. The van der Waals surface area contributed by atoms with E-state index in [4.69, 9.17) is 5.73 Å². The molecule has 0 aliphatic carbocycles. The summed E-state index contributed by atoms with van der Waals surface area (Å²) < 4.78 is 5.41. The van der Waals surface area contributed by atoms with Gasteiger partial charge in [0.15, 0.2) is 0 Å². The first-order valence-corrected chi connectivity index (χ1v) is 6.49. The number of methoxy groups -OCH3 is 1. The molecule has 6 heteroatoms. The minimum absolute atomic E-state index is 0.391. The van der Waals surface area contributed by atoms with Crippen LogP contribution >= 0.6 is 15.9 Å². The zero-order chi connectivity index (χ0) is 14.6. The molecule has 0 fully saturated rings. The monoisotopic (exact) mass is 328 g/mol. The number of nitrogens with two attached hydrogens (primary N) is 1. The minimum atomic E-state index is -0.791. The molecule has 0 bridgehead atoms. The fraction of sp³-hybridized carbons (Fsp3) is 0.385. The first-order chi connectivity index (χ1) is 8.77. The van der Waals surface area contributed by atoms with Gasteiger partial charge in [0.2, 0.25) is 5.91 Å². The van der Waals surface area contributed by atoms with Crippen LogP contribution in [0.3, 0.4) is 0 Å². The standard InChI is InChI=1S/C13H17BrN2O3/c1-13(2,12(15)18)16-7-9-5-4-8(6-10(9)14)11(17)19-3/h4-6,16H,7H2,1-3H3,(H2,15,18). The van der Waals surface area contributed by atoms with Crippen LogP contribution in [0, 0.1) is 0 Å². The Labute approximate surface area is 120 Å². The summed E-state index contributed by atoms with van der Waals surface area (Å²) in [6, 6.07) is 5.14. The van der Waals surface area contributed by atoms with Crippen LogP contribution in [0.15, 0.2) is 22.7 Å². The lowest BCUT2D eigenvalue weighted by molar-refractivity contribution is -0.123. The molecule has 0 unspecified atom stereocenters. The maximum absolute atomic E-state index is 11.4. The number of ether oxygens (including phenoxy) is 1. The van der Waals surface area contributed by atoms with Crippen LogP contribution in [-0.2, 0) is 16.1 Å². The maximum atomic E-state index is 11.4. The van der Waals surface area contributed by atoms with Gasteiger partial charge in [0.25, 0.3) is 0 Å². The van der Waals surface area contributed by atoms with Crippen LogP contribution in [0.2, 0.25) is 0 Å². The highest BCUT2D eigenvalue weighted by molar-refractivity contribution is 9.10. The fourth-order valence-electron chi connectivity index (χ4n) is 1.34. The summed E-state index contributed by atoms with van der Waals surface area (Å²) in [5.74, 6) is -0.813. The van der Waals surface area contributed by atoms with Crippen molar-refractivity contribution in [2.75, 3.05) is 7.11 Å². The van der Waals surface area contributed by atoms with Crippen LogP contribution < -0.4 is 11.1 Å². The molecule has 1 aromatic carbocycles. The first-order valence-electron chi connectivity index (χ1n) is 5.69. The zero-order valence-corrected chi connectivity index (χ0v) is 12.7. The molecule has 0 heterocycles. The van der Waals surface area contributed by atoms with E-state index in [-0.39, 0.29) is 0 Å². The molecule has 0 aromatic heterocycles. The van der Waals surface area contributed by atoms with Crippen LogP contribution in [0.1, 0.15) is 29.8 Å². The van der Waals surface area contributed by atoms with Crippen molar-refractivity contribution in [1.29, 1.82) is 0 Å². The smallest absolute Gasteiger partial charge is 0.337 e. The van der Waals surface area contributed by atoms with Gasteiger partial charge >= 0.3 is 5.97 Å². The fourth-order valence-corrected chi connectivity index (χ4v) is 1.86. The molecule has 0 atom stereocenters. The molecule has 1 aromatic rings. The lowest BCUT2D eigenvalue weighted by atomic mass is 10.0. The molecule has 1 amide bonds. The second kappa shape index (κ2) is 6.16. The third kappa shape index (κ3) is 4.04. The highest BCUT2D eigenvalue weighted by Gasteiger charge is 2.24. The van der Waals surface area contributed by atoms with Crippen LogP contribution in [0.4, 0.5) is 0 Å². The van der Waals surface area contributed by atoms with Gasteiger partial charge in [0.05, 0.1) is 18.2 Å². The summed E-state index contributed by atoms with van der Waals surface area (Å²) >= 11 is 3.39. The average molecular weight is 329 g/mol. The Bertz CT molecular complexity index is 501. The predicted molar refractivity (Wildman–Crippen MR) is 75.6 cm³/mol. The van der Waals surface area contributed by atoms with Gasteiger partial charge in [-0.05, 0) is 31.5 Å². The van der Waals surface area contributed by atoms with Gasteiger partial charge in [-0.25, -0.2) is 4.79 Å². The van der Waals surface area contributed by atoms with Crippen molar-refractivity contribution in [2.45, 2.75) is 25.9 Å². The number of esters is 1. The highest BCUT2D eigenvalue weighted by atomic mass is 79.9. The maximum Gasteiger partial charge on any atom is 0.337 e. The van der Waals surface area contributed by atoms with E-state index in [9.17, 15) is 9.59 Å². The number of carbonyl (C=O) groups excluding carboxylic acids is 2. The number of hydrogen-bond acceptors (Lipinski definition) is 4. The number of carbonyl (C=O) groups is 2. The Balaban J connectivity index is 2.81. The SMILES string of the molecule is COC(=O)c1ccc(CNC(C)(C)C(N)=O)c(Br)c1. The largest absolute Gasteiger partial charge is 0.465 e. The number of nitrogens with one attached hydrogen (secondary N) is 1. The quantitative estimate of drug-likeness (QED) is 0.804. The van der Waals surface area contributed by atoms with Gasteiger partial charge in [0, 0.05) is 11.0 Å². The van der Waals surface area contributed by atoms with Crippen LogP contribution in [-0.4, -0.2) is 24.5 Å². The van der Waals surface area contributed by atoms with E-state index >= 15 is 0 Å². The molecule has 5 nitrogen and oxygen atoms in total. The van der Waals surface area contributed by atoms with E-state index in [1.165, 1.54) is 7.11 Å². The Kier molecular flexibility index (Phi) is 5.08. The van der Waals surface area contributed by atoms with E-state index in [1.807, 2.05) is 0 Å². The first kappa shape index (κ1) is 15.7. The van der Waals surface area contributed by atoms with Crippen molar-refractivity contribution in [3.63, 3.8) is 0 Å². The molecule has 0 spiro atoms. The van der Waals surface area contributed by atoms with E-state index in [0.29, 0.717) is 12.1 Å². The summed E-state index contributed by atoms with van der Waals surface area (Å²) in [4.78, 5) is 22.6. The molecule has 0 aliphatic rings. The summed E-state index contributed by atoms with van der Waals surface area (Å²) in [6.45, 7) is 3.89. The summed E-state index contributed by atoms with van der Waals surface area (Å²) in [5.41, 5.74) is 5.87. The molecule has 1 rings (SSSR count). The summed E-state index contributed by atoms with van der Waals surface area (Å²) in [6.07, 6.45) is 0. The Morgan fingerprint density at radius 2 is 2.05 bits per heavy atom. The second-order valence-corrected chi connectivity index (χ2v) is 5.49. The van der Waals surface area contributed by atoms with Gasteiger partial charge < -0.3 is 10.5 Å². The average Bonchev–Trinajstić information content (AvgIpc) is 2.36. The Morgan fingerprint density at radius 3 is 2.53 bits per heavy atom. The molecule has 3 N–H and O–H groups in total. The van der Waals surface area contributed by atoms with Gasteiger partial charge in [-0.3, -0.25) is 10.1 Å². The lowest BCUT2D eigenvalue weighted by Crippen LogP contribution is -2.50. The number of rotatable bonds is 5. The van der Waals surface area contributed by atoms with Crippen molar-refractivity contribution in [3.05, 3.63) is 33.8 Å². The Hall–Kier alpha value is -1.40. The topological polar surface area (TPSA) is 81.4 Å². The number of primary amides is 1. The molecule has 0 aliphatic heterocycles. The lowest BCUT2D eigenvalue weighted by Gasteiger charge is -2.22. The third-order valence-electron chi connectivity index (χ3n) is 2.81. The van der Waals surface area contributed by atoms with E-state index in [2.05, 4.69) is 26.0 Å². The Morgan fingerprint density at radius 1 is 1.42 bits per heavy atom. The van der Waals surface area contributed by atoms with E-state index in [0.717, 1.165) is 10.0 Å². The van der Waals surface area contributed by atoms with Crippen molar-refractivity contribution in [2.24, 2.45) is 5.73 Å². The van der Waals surface area contributed by atoms with Gasteiger partial charge in [0.1, 0.15) is 0 Å².